The number of nitrogen functional groups attached to an aromatic ring is 2. The minimum absolute atomic E-state index is 0. The number of carbonyl (C=O) groups excluding carboxylic acids is 2. The largest absolute Gasteiger partial charge is 2.00 e. The quantitative estimate of drug-likeness (QED) is 0.422. The van der Waals surface area contributed by atoms with Gasteiger partial charge in [-0.25, -0.2) is 0 Å². The summed E-state index contributed by atoms with van der Waals surface area (Å²) in [7, 11) is 0. The van der Waals surface area contributed by atoms with E-state index < -0.39 is 11.9 Å². The Morgan fingerprint density at radius 1 is 0.783 bits per heavy atom. The summed E-state index contributed by atoms with van der Waals surface area (Å²) >= 11 is 11.0. The van der Waals surface area contributed by atoms with Crippen LogP contribution in [0.2, 0.25) is 10.0 Å². The first-order chi connectivity index (χ1) is 10.3. The van der Waals surface area contributed by atoms with Crippen molar-refractivity contribution in [2.24, 2.45) is 0 Å². The van der Waals surface area contributed by atoms with E-state index in [9.17, 15) is 19.8 Å². The van der Waals surface area contributed by atoms with E-state index in [1.54, 1.807) is 12.1 Å². The van der Waals surface area contributed by atoms with Crippen molar-refractivity contribution < 1.29 is 47.5 Å². The second-order valence-electron chi connectivity index (χ2n) is 3.98. The number of aromatic carboxylic acids is 2. The first-order valence-corrected chi connectivity index (χ1v) is 6.52. The number of carbonyl (C=O) groups is 2. The van der Waals surface area contributed by atoms with Crippen LogP contribution in [0.1, 0.15) is 20.7 Å². The van der Waals surface area contributed by atoms with Gasteiger partial charge in [0.25, 0.3) is 0 Å². The second-order valence-corrected chi connectivity index (χ2v) is 4.80. The Balaban J connectivity index is 0.000000403. The molecular weight excluding hydrogens is 532 g/mol. The van der Waals surface area contributed by atoms with E-state index in [4.69, 9.17) is 34.7 Å². The third kappa shape index (κ3) is 5.89. The molecule has 116 valence electrons. The minimum atomic E-state index is -1.35. The summed E-state index contributed by atoms with van der Waals surface area (Å²) in [5.74, 6) is -2.71. The molecule has 2 aromatic carbocycles. The van der Waals surface area contributed by atoms with E-state index in [0.29, 0.717) is 0 Å². The predicted molar refractivity (Wildman–Crippen MR) is 80.4 cm³/mol. The van der Waals surface area contributed by atoms with Gasteiger partial charge in [0, 0.05) is 22.5 Å². The number of carboxylic acid groups (broad SMARTS) is 2. The molecule has 0 heterocycles. The van der Waals surface area contributed by atoms with E-state index >= 15 is 0 Å². The smallest absolute Gasteiger partial charge is 0.545 e. The molecule has 0 atom stereocenters. The zero-order valence-corrected chi connectivity index (χ0v) is 18.7. The molecule has 0 saturated carbocycles. The number of rotatable bonds is 2. The van der Waals surface area contributed by atoms with Crippen LogP contribution in [0.3, 0.4) is 0 Å². The number of hydrogen-bond donors (Lipinski definition) is 2. The van der Waals surface area contributed by atoms with Crippen molar-refractivity contribution >= 4 is 46.5 Å². The average molecular weight is 542 g/mol. The molecule has 23 heavy (non-hydrogen) atoms. The van der Waals surface area contributed by atoms with Gasteiger partial charge >= 0.3 is 27.7 Å². The van der Waals surface area contributed by atoms with Gasteiger partial charge in [0.15, 0.2) is 0 Å². The summed E-state index contributed by atoms with van der Waals surface area (Å²) in [5.41, 5.74) is 10.6. The average Bonchev–Trinajstić information content (AvgIpc) is 2.38. The van der Waals surface area contributed by atoms with Gasteiger partial charge in [-0.05, 0) is 24.3 Å². The van der Waals surface area contributed by atoms with Crippen LogP contribution in [0.4, 0.5) is 11.4 Å². The molecule has 0 unspecified atom stereocenters. The fourth-order valence-electron chi connectivity index (χ4n) is 1.51. The van der Waals surface area contributed by atoms with E-state index in [1.165, 1.54) is 24.3 Å². The number of anilines is 2. The van der Waals surface area contributed by atoms with Gasteiger partial charge in [-0.3, -0.25) is 0 Å². The second kappa shape index (κ2) is 9.59. The molecule has 2 rings (SSSR count). The van der Waals surface area contributed by atoms with E-state index in [0.717, 1.165) is 0 Å². The number of halogens is 2. The summed E-state index contributed by atoms with van der Waals surface area (Å²) in [5, 5.41) is 20.9. The molecule has 0 aromatic heterocycles. The monoisotopic (exact) mass is 542 g/mol. The van der Waals surface area contributed by atoms with Gasteiger partial charge in [0.2, 0.25) is 0 Å². The number of benzene rings is 2. The summed E-state index contributed by atoms with van der Waals surface area (Å²) in [6.45, 7) is 0. The molecule has 0 radical (unpaired) electrons. The normalized spacial score (nSPS) is 9.13. The number of nitrogens with two attached hydrogens (primary N) is 2. The van der Waals surface area contributed by atoms with Gasteiger partial charge in [-0.2, -0.15) is 0 Å². The van der Waals surface area contributed by atoms with E-state index in [1.807, 2.05) is 0 Å². The molecule has 9 heteroatoms. The maximum absolute atomic E-state index is 10.4. The Labute approximate surface area is 162 Å². The van der Waals surface area contributed by atoms with Gasteiger partial charge in [-0.15, -0.1) is 0 Å². The van der Waals surface area contributed by atoms with Crippen molar-refractivity contribution in [1.82, 2.24) is 0 Å². The molecule has 0 aliphatic carbocycles. The molecule has 0 amide bonds. The third-order valence-electron chi connectivity index (χ3n) is 2.50. The van der Waals surface area contributed by atoms with Crippen molar-refractivity contribution in [3.05, 3.63) is 57.6 Å². The number of hydrogen-bond acceptors (Lipinski definition) is 6. The summed E-state index contributed by atoms with van der Waals surface area (Å²) in [4.78, 5) is 20.7. The SMILES string of the molecule is Nc1cccc(Cl)c1C(=O)[O-].Nc1cccc(Cl)c1C(=O)[O-].[Hg+2]. The van der Waals surface area contributed by atoms with Crippen molar-refractivity contribution in [3.63, 3.8) is 0 Å². The molecule has 0 aliphatic rings. The maximum atomic E-state index is 10.4. The van der Waals surface area contributed by atoms with E-state index in [-0.39, 0.29) is 60.2 Å². The zero-order chi connectivity index (χ0) is 16.9. The molecule has 0 spiro atoms. The van der Waals surface area contributed by atoms with Crippen LogP contribution in [-0.2, 0) is 27.7 Å². The fourth-order valence-corrected chi connectivity index (χ4v) is 2.03. The first kappa shape index (κ1) is 21.5. The topological polar surface area (TPSA) is 132 Å². The number of carboxylic acids is 2. The standard InChI is InChI=1S/2C7H6ClNO2.Hg/c2*8-4-2-1-3-5(9)6(4)7(10)11;/h2*1-3H,9H2,(H,10,11);/q;;+2/p-2. The summed E-state index contributed by atoms with van der Waals surface area (Å²) in [6, 6.07) is 8.95. The Kier molecular flexibility index (Phi) is 8.97. The van der Waals surface area contributed by atoms with Crippen LogP contribution in [0, 0.1) is 0 Å². The minimum Gasteiger partial charge on any atom is -0.545 e. The molecule has 0 bridgehead atoms. The Bertz CT molecular complexity index is 624. The Hall–Kier alpha value is -1.50. The summed E-state index contributed by atoms with van der Waals surface area (Å²) in [6.07, 6.45) is 0. The van der Waals surface area contributed by atoms with Gasteiger partial charge in [-0.1, -0.05) is 35.3 Å². The maximum Gasteiger partial charge on any atom is 2.00 e. The molecule has 4 N–H and O–H groups in total. The van der Waals surface area contributed by atoms with Crippen LogP contribution in [0.15, 0.2) is 36.4 Å². The third-order valence-corrected chi connectivity index (χ3v) is 3.13. The van der Waals surface area contributed by atoms with Crippen molar-refractivity contribution in [2.75, 3.05) is 11.5 Å². The van der Waals surface area contributed by atoms with Crippen molar-refractivity contribution in [2.45, 2.75) is 0 Å². The molecular formula is C14H10Cl2HgN2O4. The molecule has 6 nitrogen and oxygen atoms in total. The van der Waals surface area contributed by atoms with Crippen LogP contribution in [0.25, 0.3) is 0 Å². The van der Waals surface area contributed by atoms with E-state index in [2.05, 4.69) is 0 Å². The molecule has 2 aromatic rings. The fraction of sp³-hybridized carbons (Fsp3) is 0. The molecule has 0 saturated heterocycles. The van der Waals surface area contributed by atoms with Crippen LogP contribution in [-0.4, -0.2) is 11.9 Å². The van der Waals surface area contributed by atoms with Gasteiger partial charge in [0.05, 0.1) is 22.0 Å². The van der Waals surface area contributed by atoms with Crippen LogP contribution >= 0.6 is 23.2 Å². The van der Waals surface area contributed by atoms with Crippen molar-refractivity contribution in [1.29, 1.82) is 0 Å². The summed E-state index contributed by atoms with van der Waals surface area (Å²) < 4.78 is 0. The predicted octanol–water partition coefficient (Wildman–Crippen LogP) is 0.569. The van der Waals surface area contributed by atoms with Gasteiger partial charge < -0.3 is 31.3 Å². The zero-order valence-electron chi connectivity index (χ0n) is 11.7. The van der Waals surface area contributed by atoms with Crippen LogP contribution < -0.4 is 21.7 Å². The van der Waals surface area contributed by atoms with Crippen molar-refractivity contribution in [3.8, 4) is 0 Å². The Morgan fingerprint density at radius 2 is 1.09 bits per heavy atom. The Morgan fingerprint density at radius 3 is 1.26 bits per heavy atom. The molecule has 0 fully saturated rings. The van der Waals surface area contributed by atoms with Crippen LogP contribution in [0.5, 0.6) is 0 Å². The van der Waals surface area contributed by atoms with Gasteiger partial charge in [0.1, 0.15) is 0 Å². The molecule has 0 aliphatic heterocycles. The first-order valence-electron chi connectivity index (χ1n) is 5.76.